The van der Waals surface area contributed by atoms with Crippen LogP contribution in [0.25, 0.3) is 11.5 Å². The molecule has 0 radical (unpaired) electrons. The topological polar surface area (TPSA) is 86.0 Å². The van der Waals surface area contributed by atoms with E-state index in [1.165, 1.54) is 6.33 Å². The number of ether oxygens (including phenoxy) is 1. The maximum atomic E-state index is 5.25. The third-order valence-electron chi connectivity index (χ3n) is 2.64. The van der Waals surface area contributed by atoms with Gasteiger partial charge in [-0.2, -0.15) is 4.98 Å². The van der Waals surface area contributed by atoms with E-state index in [1.54, 1.807) is 13.2 Å². The van der Waals surface area contributed by atoms with E-state index in [4.69, 9.17) is 9.26 Å². The van der Waals surface area contributed by atoms with Gasteiger partial charge in [-0.1, -0.05) is 19.0 Å². The Balaban J connectivity index is 2.15. The van der Waals surface area contributed by atoms with E-state index in [1.807, 2.05) is 6.92 Å². The summed E-state index contributed by atoms with van der Waals surface area (Å²) in [6.45, 7) is 5.79. The fourth-order valence-corrected chi connectivity index (χ4v) is 1.56. The number of nitrogens with zero attached hydrogens (tertiary/aromatic N) is 4. The van der Waals surface area contributed by atoms with Crippen LogP contribution in [-0.2, 0) is 0 Å². The summed E-state index contributed by atoms with van der Waals surface area (Å²) < 4.78 is 10.3. The lowest BCUT2D eigenvalue weighted by Crippen LogP contribution is -2.19. The Morgan fingerprint density at radius 1 is 1.42 bits per heavy atom. The molecule has 0 aliphatic heterocycles. The van der Waals surface area contributed by atoms with Gasteiger partial charge in [-0.15, -0.1) is 0 Å². The molecular weight excluding hydrogens is 246 g/mol. The number of hydrogen-bond donors (Lipinski definition) is 1. The van der Waals surface area contributed by atoms with Gasteiger partial charge in [-0.25, -0.2) is 9.97 Å². The van der Waals surface area contributed by atoms with Crippen LogP contribution in [0.1, 0.15) is 25.7 Å². The van der Waals surface area contributed by atoms with Crippen molar-refractivity contribution >= 4 is 0 Å². The van der Waals surface area contributed by atoms with Crippen molar-refractivity contribution in [1.29, 1.82) is 0 Å². The number of likely N-dealkylation sites (N-methyl/N-ethyl adjacent to an activating group) is 1. The molecule has 0 aliphatic carbocycles. The van der Waals surface area contributed by atoms with Gasteiger partial charge in [-0.05, 0) is 6.54 Å². The lowest BCUT2D eigenvalue weighted by atomic mass is 10.2. The summed E-state index contributed by atoms with van der Waals surface area (Å²) in [6, 6.07) is 1.67. The SMILES string of the molecule is CCNCC(C)c1nc(-c2cc(OC)ncn2)no1. The molecule has 2 rings (SSSR count). The number of rotatable bonds is 6. The second-order valence-electron chi connectivity index (χ2n) is 4.11. The summed E-state index contributed by atoms with van der Waals surface area (Å²) in [7, 11) is 1.55. The Bertz CT molecular complexity index is 528. The van der Waals surface area contributed by atoms with Crippen LogP contribution in [0.5, 0.6) is 5.88 Å². The van der Waals surface area contributed by atoms with Gasteiger partial charge >= 0.3 is 0 Å². The number of nitrogens with one attached hydrogen (secondary N) is 1. The summed E-state index contributed by atoms with van der Waals surface area (Å²) >= 11 is 0. The summed E-state index contributed by atoms with van der Waals surface area (Å²) in [6.07, 6.45) is 1.41. The quantitative estimate of drug-likeness (QED) is 0.839. The molecular formula is C12H17N5O2. The van der Waals surface area contributed by atoms with Crippen molar-refractivity contribution in [1.82, 2.24) is 25.4 Å². The van der Waals surface area contributed by atoms with Gasteiger partial charge in [0.25, 0.3) is 0 Å². The molecule has 0 spiro atoms. The standard InChI is InChI=1S/C12H17N5O2/c1-4-13-6-8(2)12-16-11(17-19-12)9-5-10(18-3)15-7-14-9/h5,7-8,13H,4,6H2,1-3H3. The first-order valence-electron chi connectivity index (χ1n) is 6.15. The van der Waals surface area contributed by atoms with E-state index in [2.05, 4.69) is 32.3 Å². The molecule has 7 heteroatoms. The van der Waals surface area contributed by atoms with Gasteiger partial charge in [0.1, 0.15) is 12.0 Å². The molecule has 0 fully saturated rings. The first-order chi connectivity index (χ1) is 9.24. The van der Waals surface area contributed by atoms with E-state index in [0.29, 0.717) is 23.3 Å². The lowest BCUT2D eigenvalue weighted by Gasteiger charge is -2.05. The van der Waals surface area contributed by atoms with E-state index in [-0.39, 0.29) is 5.92 Å². The second kappa shape index (κ2) is 6.24. The minimum absolute atomic E-state index is 0.157. The third kappa shape index (κ3) is 3.25. The van der Waals surface area contributed by atoms with E-state index in [9.17, 15) is 0 Å². The van der Waals surface area contributed by atoms with Gasteiger partial charge in [0.2, 0.25) is 17.6 Å². The van der Waals surface area contributed by atoms with Crippen LogP contribution in [0.2, 0.25) is 0 Å². The molecule has 0 saturated heterocycles. The Kier molecular flexibility index (Phi) is 4.40. The number of methoxy groups -OCH3 is 1. The normalized spacial score (nSPS) is 12.4. The van der Waals surface area contributed by atoms with Crippen molar-refractivity contribution in [2.45, 2.75) is 19.8 Å². The van der Waals surface area contributed by atoms with Crippen LogP contribution in [0.3, 0.4) is 0 Å². The Morgan fingerprint density at radius 2 is 2.26 bits per heavy atom. The molecule has 2 heterocycles. The monoisotopic (exact) mass is 263 g/mol. The van der Waals surface area contributed by atoms with Crippen molar-refractivity contribution in [3.8, 4) is 17.4 Å². The molecule has 2 aromatic heterocycles. The molecule has 102 valence electrons. The summed E-state index contributed by atoms with van der Waals surface area (Å²) in [5, 5.41) is 7.17. The highest BCUT2D eigenvalue weighted by atomic mass is 16.5. The van der Waals surface area contributed by atoms with Gasteiger partial charge in [-0.3, -0.25) is 0 Å². The summed E-state index contributed by atoms with van der Waals surface area (Å²) in [5.41, 5.74) is 0.581. The molecule has 2 aromatic rings. The summed E-state index contributed by atoms with van der Waals surface area (Å²) in [5.74, 6) is 1.66. The van der Waals surface area contributed by atoms with Crippen molar-refractivity contribution < 1.29 is 9.26 Å². The van der Waals surface area contributed by atoms with Gasteiger partial charge in [0.15, 0.2) is 0 Å². The molecule has 0 aliphatic rings. The molecule has 1 unspecified atom stereocenters. The maximum Gasteiger partial charge on any atom is 0.231 e. The largest absolute Gasteiger partial charge is 0.481 e. The highest BCUT2D eigenvalue weighted by molar-refractivity contribution is 5.49. The molecule has 7 nitrogen and oxygen atoms in total. The minimum atomic E-state index is 0.157. The maximum absolute atomic E-state index is 5.25. The fraction of sp³-hybridized carbons (Fsp3) is 0.500. The Morgan fingerprint density at radius 3 is 3.00 bits per heavy atom. The predicted octanol–water partition coefficient (Wildman–Crippen LogP) is 1.25. The molecule has 0 bridgehead atoms. The molecule has 0 aromatic carbocycles. The number of aromatic nitrogens is 4. The third-order valence-corrected chi connectivity index (χ3v) is 2.64. The lowest BCUT2D eigenvalue weighted by molar-refractivity contribution is 0.355. The molecule has 1 N–H and O–H groups in total. The molecule has 0 saturated carbocycles. The van der Waals surface area contributed by atoms with Crippen LogP contribution in [0, 0.1) is 0 Å². The smallest absolute Gasteiger partial charge is 0.231 e. The van der Waals surface area contributed by atoms with Crippen LogP contribution >= 0.6 is 0 Å². The molecule has 1 atom stereocenters. The van der Waals surface area contributed by atoms with E-state index < -0.39 is 0 Å². The Labute approximate surface area is 111 Å². The zero-order valence-electron chi connectivity index (χ0n) is 11.3. The molecule has 0 amide bonds. The summed E-state index contributed by atoms with van der Waals surface area (Å²) in [4.78, 5) is 12.4. The molecule has 19 heavy (non-hydrogen) atoms. The van der Waals surface area contributed by atoms with Crippen LogP contribution in [-0.4, -0.2) is 40.3 Å². The predicted molar refractivity (Wildman–Crippen MR) is 68.8 cm³/mol. The van der Waals surface area contributed by atoms with Crippen molar-refractivity contribution in [2.24, 2.45) is 0 Å². The highest BCUT2D eigenvalue weighted by Crippen LogP contribution is 2.19. The zero-order valence-corrected chi connectivity index (χ0v) is 11.3. The second-order valence-corrected chi connectivity index (χ2v) is 4.11. The fourth-order valence-electron chi connectivity index (χ4n) is 1.56. The van der Waals surface area contributed by atoms with Crippen molar-refractivity contribution in [3.63, 3.8) is 0 Å². The average molecular weight is 263 g/mol. The highest BCUT2D eigenvalue weighted by Gasteiger charge is 2.16. The van der Waals surface area contributed by atoms with E-state index >= 15 is 0 Å². The van der Waals surface area contributed by atoms with Crippen LogP contribution in [0.15, 0.2) is 16.9 Å². The van der Waals surface area contributed by atoms with Gasteiger partial charge < -0.3 is 14.6 Å². The average Bonchev–Trinajstić information content (AvgIpc) is 2.94. The van der Waals surface area contributed by atoms with Crippen LogP contribution < -0.4 is 10.1 Å². The zero-order chi connectivity index (χ0) is 13.7. The van der Waals surface area contributed by atoms with Gasteiger partial charge in [0, 0.05) is 18.5 Å². The van der Waals surface area contributed by atoms with E-state index in [0.717, 1.165) is 13.1 Å². The van der Waals surface area contributed by atoms with Crippen molar-refractivity contribution in [2.75, 3.05) is 20.2 Å². The van der Waals surface area contributed by atoms with Crippen molar-refractivity contribution in [3.05, 3.63) is 18.3 Å². The minimum Gasteiger partial charge on any atom is -0.481 e. The first kappa shape index (κ1) is 13.4. The van der Waals surface area contributed by atoms with Gasteiger partial charge in [0.05, 0.1) is 7.11 Å². The Hall–Kier alpha value is -2.02. The first-order valence-corrected chi connectivity index (χ1v) is 6.15. The number of hydrogen-bond acceptors (Lipinski definition) is 7. The van der Waals surface area contributed by atoms with Crippen LogP contribution in [0.4, 0.5) is 0 Å².